The van der Waals surface area contributed by atoms with Gasteiger partial charge in [0.05, 0.1) is 24.3 Å². The molecule has 0 aromatic carbocycles. The minimum atomic E-state index is -2.11. The minimum absolute atomic E-state index is 0.0898. The summed E-state index contributed by atoms with van der Waals surface area (Å²) in [4.78, 5) is 50.5. The van der Waals surface area contributed by atoms with E-state index in [4.69, 9.17) is 23.2 Å². The lowest BCUT2D eigenvalue weighted by molar-refractivity contribution is -0.152. The zero-order chi connectivity index (χ0) is 29.4. The molecular weight excluding hydrogens is 559 g/mol. The standard InChI is InChI=1S/C6H4ClFN2.C6H9FO3.C5H4ClFN2.C5H5FN2O/c1-2-4-5(8)6(7)10-3-9-4;1-3-10-6(9)5(7)4(2)8;1-3-4(7)5(6)9-2-8-3;1-3-4(6)5(9)8-2-7-3/h2-3H,1H2;5H,3H2,1-2H3;2H,1H3;2H,1H3,(H,7,8,9). The van der Waals surface area contributed by atoms with Crippen LogP contribution in [0, 0.1) is 31.3 Å². The maximum Gasteiger partial charge on any atom is 0.348 e. The summed E-state index contributed by atoms with van der Waals surface area (Å²) in [6.45, 7) is 8.95. The van der Waals surface area contributed by atoms with E-state index in [1.807, 2.05) is 0 Å². The molecule has 3 aromatic heterocycles. The molecule has 0 aliphatic heterocycles. The van der Waals surface area contributed by atoms with Crippen LogP contribution in [0.25, 0.3) is 6.08 Å². The third-order valence-electron chi connectivity index (χ3n) is 3.71. The van der Waals surface area contributed by atoms with Gasteiger partial charge < -0.3 is 9.72 Å². The van der Waals surface area contributed by atoms with Gasteiger partial charge in [-0.05, 0) is 33.8 Å². The number of alkyl halides is 1. The zero-order valence-corrected chi connectivity index (χ0v) is 21.9. The molecule has 1 atom stereocenters. The van der Waals surface area contributed by atoms with Gasteiger partial charge in [0.25, 0.3) is 11.7 Å². The Hall–Kier alpha value is -3.78. The molecule has 0 radical (unpaired) electrons. The topological polar surface area (TPSA) is 141 Å². The third kappa shape index (κ3) is 12.0. The number of hydrogen-bond donors (Lipinski definition) is 1. The number of aromatic amines is 1. The number of hydrogen-bond acceptors (Lipinski definition) is 9. The lowest BCUT2D eigenvalue weighted by Crippen LogP contribution is -2.25. The summed E-state index contributed by atoms with van der Waals surface area (Å²) in [5.41, 5.74) is -0.198. The highest BCUT2D eigenvalue weighted by atomic mass is 35.5. The van der Waals surface area contributed by atoms with Crippen LogP contribution >= 0.6 is 23.2 Å². The van der Waals surface area contributed by atoms with Gasteiger partial charge in [-0.15, -0.1) is 0 Å². The second kappa shape index (κ2) is 17.6. The number of aromatic nitrogens is 6. The number of carbonyl (C=O) groups excluding carboxylic acids is 2. The number of carbonyl (C=O) groups is 2. The zero-order valence-electron chi connectivity index (χ0n) is 20.4. The molecular formula is C22H22Cl2F4N6O4. The van der Waals surface area contributed by atoms with Crippen molar-refractivity contribution in [3.63, 3.8) is 0 Å². The molecule has 0 fully saturated rings. The molecule has 0 aliphatic carbocycles. The van der Waals surface area contributed by atoms with Crippen molar-refractivity contribution in [2.45, 2.75) is 33.9 Å². The predicted molar refractivity (Wildman–Crippen MR) is 131 cm³/mol. The van der Waals surface area contributed by atoms with Gasteiger partial charge in [-0.2, -0.15) is 4.39 Å². The largest absolute Gasteiger partial charge is 0.463 e. The summed E-state index contributed by atoms with van der Waals surface area (Å²) >= 11 is 10.6. The number of rotatable bonds is 4. The lowest BCUT2D eigenvalue weighted by atomic mass is 10.3. The number of halogens is 6. The van der Waals surface area contributed by atoms with Gasteiger partial charge in [-0.3, -0.25) is 9.59 Å². The van der Waals surface area contributed by atoms with Gasteiger partial charge in [0.2, 0.25) is 5.82 Å². The third-order valence-corrected chi connectivity index (χ3v) is 4.24. The highest BCUT2D eigenvalue weighted by Crippen LogP contribution is 2.12. The van der Waals surface area contributed by atoms with Crippen LogP contribution in [0.1, 0.15) is 30.9 Å². The van der Waals surface area contributed by atoms with Crippen molar-refractivity contribution in [3.8, 4) is 0 Å². The Morgan fingerprint density at radius 2 is 1.53 bits per heavy atom. The van der Waals surface area contributed by atoms with Crippen molar-refractivity contribution < 1.29 is 31.9 Å². The molecule has 3 heterocycles. The van der Waals surface area contributed by atoms with E-state index in [2.05, 4.69) is 41.2 Å². The van der Waals surface area contributed by atoms with E-state index in [1.54, 1.807) is 6.92 Å². The smallest absolute Gasteiger partial charge is 0.348 e. The van der Waals surface area contributed by atoms with E-state index >= 15 is 0 Å². The lowest BCUT2D eigenvalue weighted by Gasteiger charge is -2.01. The molecule has 0 aliphatic rings. The molecule has 0 amide bonds. The Kier molecular flexibility index (Phi) is 15.9. The first kappa shape index (κ1) is 34.2. The molecule has 10 nitrogen and oxygen atoms in total. The van der Waals surface area contributed by atoms with Crippen molar-refractivity contribution in [1.82, 2.24) is 29.9 Å². The van der Waals surface area contributed by atoms with Crippen molar-refractivity contribution in [2.24, 2.45) is 0 Å². The van der Waals surface area contributed by atoms with E-state index in [1.165, 1.54) is 38.9 Å². The number of aryl methyl sites for hydroxylation is 2. The first-order valence-electron chi connectivity index (χ1n) is 10.2. The highest BCUT2D eigenvalue weighted by molar-refractivity contribution is 6.29. The van der Waals surface area contributed by atoms with Crippen LogP contribution in [0.4, 0.5) is 17.6 Å². The monoisotopic (exact) mass is 580 g/mol. The first-order valence-corrected chi connectivity index (χ1v) is 11.0. The molecule has 206 valence electrons. The summed E-state index contributed by atoms with van der Waals surface area (Å²) in [7, 11) is 0. The molecule has 3 rings (SSSR count). The van der Waals surface area contributed by atoms with Crippen LogP contribution in [-0.2, 0) is 14.3 Å². The van der Waals surface area contributed by atoms with Crippen LogP contribution in [0.2, 0.25) is 10.3 Å². The molecule has 1 N–H and O–H groups in total. The first-order chi connectivity index (χ1) is 17.8. The van der Waals surface area contributed by atoms with Gasteiger partial charge >= 0.3 is 5.97 Å². The SMILES string of the molecule is C=Cc1ncnc(Cl)c1F.CCOC(=O)C(F)C(C)=O.Cc1nc[nH]c(=O)c1F.Cc1ncnc(Cl)c1F. The molecule has 0 saturated carbocycles. The fourth-order valence-corrected chi connectivity index (χ4v) is 2.11. The fraction of sp³-hybridized carbons (Fsp3) is 0.273. The van der Waals surface area contributed by atoms with Gasteiger partial charge in [0.15, 0.2) is 27.7 Å². The van der Waals surface area contributed by atoms with Gasteiger partial charge in [-0.1, -0.05) is 29.8 Å². The Morgan fingerprint density at radius 3 is 1.92 bits per heavy atom. The Morgan fingerprint density at radius 1 is 1.00 bits per heavy atom. The Balaban J connectivity index is 0.000000481. The number of ketones is 1. The number of ether oxygens (including phenoxy) is 1. The van der Waals surface area contributed by atoms with Crippen LogP contribution in [0.3, 0.4) is 0 Å². The second-order valence-corrected chi connectivity index (χ2v) is 7.20. The average molecular weight is 581 g/mol. The summed E-state index contributed by atoms with van der Waals surface area (Å²) in [6, 6.07) is 0. The van der Waals surface area contributed by atoms with Crippen LogP contribution in [-0.4, -0.2) is 54.4 Å². The summed E-state index contributed by atoms with van der Waals surface area (Å²) < 4.78 is 54.0. The molecule has 3 aromatic rings. The molecule has 0 spiro atoms. The van der Waals surface area contributed by atoms with E-state index in [9.17, 15) is 31.9 Å². The van der Waals surface area contributed by atoms with Gasteiger partial charge in [-0.25, -0.2) is 42.9 Å². The minimum Gasteiger partial charge on any atom is -0.463 e. The maximum absolute atomic E-state index is 12.7. The second-order valence-electron chi connectivity index (χ2n) is 6.49. The van der Waals surface area contributed by atoms with Crippen LogP contribution in [0.15, 0.2) is 30.4 Å². The van der Waals surface area contributed by atoms with Crippen molar-refractivity contribution in [3.05, 3.63) is 80.8 Å². The fourth-order valence-electron chi connectivity index (χ4n) is 1.79. The number of nitrogens with one attached hydrogen (secondary N) is 1. The number of esters is 1. The summed E-state index contributed by atoms with van der Waals surface area (Å²) in [5, 5.41) is -0.299. The molecule has 0 saturated heterocycles. The highest BCUT2D eigenvalue weighted by Gasteiger charge is 2.22. The molecule has 1 unspecified atom stereocenters. The van der Waals surface area contributed by atoms with Crippen molar-refractivity contribution >= 4 is 41.0 Å². The molecule has 0 bridgehead atoms. The number of H-pyrrole nitrogens is 1. The van der Waals surface area contributed by atoms with Crippen LogP contribution in [0.5, 0.6) is 0 Å². The number of nitrogens with zero attached hydrogens (tertiary/aromatic N) is 5. The van der Waals surface area contributed by atoms with E-state index < -0.39 is 40.9 Å². The molecule has 38 heavy (non-hydrogen) atoms. The van der Waals surface area contributed by atoms with Gasteiger partial charge in [0, 0.05) is 0 Å². The van der Waals surface area contributed by atoms with E-state index in [0.29, 0.717) is 0 Å². The average Bonchev–Trinajstić information content (AvgIpc) is 2.88. The van der Waals surface area contributed by atoms with Gasteiger partial charge in [0.1, 0.15) is 18.3 Å². The Bertz CT molecular complexity index is 1280. The Labute approximate surface area is 224 Å². The van der Waals surface area contributed by atoms with Crippen molar-refractivity contribution in [1.29, 1.82) is 0 Å². The maximum atomic E-state index is 12.7. The summed E-state index contributed by atoms with van der Waals surface area (Å²) in [5.74, 6) is -3.90. The quantitative estimate of drug-likeness (QED) is 0.208. The van der Waals surface area contributed by atoms with E-state index in [-0.39, 0.29) is 34.0 Å². The van der Waals surface area contributed by atoms with E-state index in [0.717, 1.165) is 6.92 Å². The number of Topliss-reactive ketones (excluding diaryl/α,β-unsaturated/α-hetero) is 1. The normalized spacial score (nSPS) is 10.3. The van der Waals surface area contributed by atoms with Crippen molar-refractivity contribution in [2.75, 3.05) is 6.61 Å². The van der Waals surface area contributed by atoms with Crippen LogP contribution < -0.4 is 5.56 Å². The predicted octanol–water partition coefficient (Wildman–Crippen LogP) is 4.18. The molecule has 16 heteroatoms. The summed E-state index contributed by atoms with van der Waals surface area (Å²) in [6.07, 6.45) is 2.74.